The summed E-state index contributed by atoms with van der Waals surface area (Å²) in [5, 5.41) is 15.1. The highest BCUT2D eigenvalue weighted by Gasteiger charge is 2.50. The zero-order valence-corrected chi connectivity index (χ0v) is 20.6. The molecule has 0 bridgehead atoms. The van der Waals surface area contributed by atoms with Crippen LogP contribution in [0.2, 0.25) is 5.02 Å². The van der Waals surface area contributed by atoms with Crippen LogP contribution in [-0.4, -0.2) is 45.9 Å². The van der Waals surface area contributed by atoms with Crippen LogP contribution in [0.1, 0.15) is 51.7 Å². The quantitative estimate of drug-likeness (QED) is 0.640. The minimum Gasteiger partial charge on any atom is -0.384 e. The normalized spacial score (nSPS) is 21.0. The van der Waals surface area contributed by atoms with Gasteiger partial charge in [0.2, 0.25) is 11.8 Å². The van der Waals surface area contributed by atoms with E-state index in [1.807, 2.05) is 52.0 Å². The number of carbonyl (C=O) groups excluding carboxylic acids is 2. The van der Waals surface area contributed by atoms with Gasteiger partial charge < -0.3 is 15.3 Å². The van der Waals surface area contributed by atoms with Crippen LogP contribution in [0.15, 0.2) is 48.8 Å². The van der Waals surface area contributed by atoms with Gasteiger partial charge in [-0.1, -0.05) is 51.4 Å². The molecule has 1 aromatic heterocycles. The topological polar surface area (TPSA) is 82.5 Å². The minimum atomic E-state index is -1.07. The number of hydrogen-bond donors (Lipinski definition) is 2. The molecule has 1 aliphatic heterocycles. The van der Waals surface area contributed by atoms with Crippen molar-refractivity contribution < 1.29 is 14.7 Å². The number of nitrogens with one attached hydrogen (secondary N) is 1. The van der Waals surface area contributed by atoms with Gasteiger partial charge in [-0.25, -0.2) is 0 Å². The van der Waals surface area contributed by atoms with Gasteiger partial charge in [0.1, 0.15) is 6.04 Å². The van der Waals surface area contributed by atoms with Crippen molar-refractivity contribution in [2.75, 3.05) is 13.1 Å². The van der Waals surface area contributed by atoms with Crippen LogP contribution in [0.3, 0.4) is 0 Å². The maximum Gasteiger partial charge on any atom is 0.245 e. The van der Waals surface area contributed by atoms with Crippen LogP contribution in [0, 0.1) is 11.3 Å². The number of benzene rings is 1. The third-order valence-corrected chi connectivity index (χ3v) is 6.97. The third-order valence-electron chi connectivity index (χ3n) is 6.72. The lowest BCUT2D eigenvalue weighted by Crippen LogP contribution is -2.60. The van der Waals surface area contributed by atoms with Crippen LogP contribution >= 0.6 is 11.6 Å². The van der Waals surface area contributed by atoms with Gasteiger partial charge in [-0.15, -0.1) is 0 Å². The molecule has 1 saturated heterocycles. The summed E-state index contributed by atoms with van der Waals surface area (Å²) >= 11 is 6.02. The molecule has 0 radical (unpaired) electrons. The highest BCUT2D eigenvalue weighted by Crippen LogP contribution is 2.46. The van der Waals surface area contributed by atoms with Gasteiger partial charge in [0.05, 0.1) is 5.60 Å². The summed E-state index contributed by atoms with van der Waals surface area (Å²) in [4.78, 5) is 31.8. The van der Waals surface area contributed by atoms with Gasteiger partial charge in [-0.3, -0.25) is 14.6 Å². The number of amides is 2. The van der Waals surface area contributed by atoms with E-state index in [2.05, 4.69) is 10.3 Å². The fourth-order valence-corrected chi connectivity index (χ4v) is 4.66. The van der Waals surface area contributed by atoms with E-state index in [0.717, 1.165) is 11.1 Å². The number of pyridine rings is 1. The molecule has 1 aliphatic rings. The molecule has 2 N–H and O–H groups in total. The first-order valence-electron chi connectivity index (χ1n) is 11.5. The standard InChI is InChI=1S/C26H34ClN3O3/c1-18(2)23(29-22(31)10-5-19-11-14-28-15-12-19)24(32)30-16-13-26(33,25(3,4)17-30)20-6-8-21(27)9-7-20/h6-9,11-12,14-15,18,23,33H,5,10,13,16-17H2,1-4H3,(H,29,31)/t23-,26+/m1/s1. The second kappa shape index (κ2) is 10.2. The van der Waals surface area contributed by atoms with Crippen molar-refractivity contribution in [1.29, 1.82) is 0 Å². The predicted octanol–water partition coefficient (Wildman–Crippen LogP) is 3.95. The van der Waals surface area contributed by atoms with Crippen molar-refractivity contribution in [3.05, 3.63) is 64.9 Å². The Balaban J connectivity index is 1.67. The second-order valence-corrected chi connectivity index (χ2v) is 10.3. The molecule has 0 spiro atoms. The SMILES string of the molecule is CC(C)[C@@H](NC(=O)CCc1ccncc1)C(=O)N1CC[C@](O)(c2ccc(Cl)cc2)C(C)(C)C1. The smallest absolute Gasteiger partial charge is 0.245 e. The minimum absolute atomic E-state index is 0.0532. The summed E-state index contributed by atoms with van der Waals surface area (Å²) < 4.78 is 0. The molecule has 33 heavy (non-hydrogen) atoms. The number of halogens is 1. The summed E-state index contributed by atoms with van der Waals surface area (Å²) in [7, 11) is 0. The molecule has 178 valence electrons. The fraction of sp³-hybridized carbons (Fsp3) is 0.500. The average Bonchev–Trinajstić information content (AvgIpc) is 2.78. The van der Waals surface area contributed by atoms with Crippen molar-refractivity contribution in [2.45, 2.75) is 58.6 Å². The van der Waals surface area contributed by atoms with E-state index in [-0.39, 0.29) is 17.7 Å². The van der Waals surface area contributed by atoms with Crippen molar-refractivity contribution >= 4 is 23.4 Å². The first-order chi connectivity index (χ1) is 15.5. The monoisotopic (exact) mass is 471 g/mol. The number of hydrogen-bond acceptors (Lipinski definition) is 4. The number of aromatic nitrogens is 1. The molecule has 0 unspecified atom stereocenters. The van der Waals surface area contributed by atoms with E-state index < -0.39 is 17.1 Å². The number of carbonyl (C=O) groups is 2. The van der Waals surface area contributed by atoms with E-state index in [0.29, 0.717) is 37.4 Å². The van der Waals surface area contributed by atoms with E-state index in [1.165, 1.54) is 0 Å². The Kier molecular flexibility index (Phi) is 7.80. The largest absolute Gasteiger partial charge is 0.384 e. The average molecular weight is 472 g/mol. The van der Waals surface area contributed by atoms with Crippen LogP contribution in [-0.2, 0) is 21.6 Å². The fourth-order valence-electron chi connectivity index (χ4n) is 4.53. The number of aliphatic hydroxyl groups is 1. The predicted molar refractivity (Wildman–Crippen MR) is 130 cm³/mol. The summed E-state index contributed by atoms with van der Waals surface area (Å²) in [5.74, 6) is -0.302. The molecular weight excluding hydrogens is 438 g/mol. The molecule has 6 nitrogen and oxygen atoms in total. The Bertz CT molecular complexity index is 963. The lowest BCUT2D eigenvalue weighted by Gasteiger charge is -2.51. The van der Waals surface area contributed by atoms with Gasteiger partial charge in [0.15, 0.2) is 0 Å². The first kappa shape index (κ1) is 25.2. The lowest BCUT2D eigenvalue weighted by atomic mass is 9.66. The number of aryl methyl sites for hydroxylation is 1. The molecule has 2 atom stereocenters. The van der Waals surface area contributed by atoms with Crippen LogP contribution in [0.25, 0.3) is 0 Å². The van der Waals surface area contributed by atoms with E-state index in [1.54, 1.807) is 29.4 Å². The molecule has 1 aromatic carbocycles. The first-order valence-corrected chi connectivity index (χ1v) is 11.9. The molecule has 7 heteroatoms. The van der Waals surface area contributed by atoms with Crippen LogP contribution < -0.4 is 5.32 Å². The Morgan fingerprint density at radius 1 is 1.15 bits per heavy atom. The van der Waals surface area contributed by atoms with Crippen LogP contribution in [0.4, 0.5) is 0 Å². The molecule has 2 aromatic rings. The molecule has 2 amide bonds. The molecule has 2 heterocycles. The second-order valence-electron chi connectivity index (χ2n) is 9.91. The number of rotatable bonds is 7. The van der Waals surface area contributed by atoms with Gasteiger partial charge >= 0.3 is 0 Å². The summed E-state index contributed by atoms with van der Waals surface area (Å²) in [6.45, 7) is 8.62. The molecule has 0 saturated carbocycles. The summed E-state index contributed by atoms with van der Waals surface area (Å²) in [5.41, 5.74) is 0.178. The van der Waals surface area contributed by atoms with E-state index in [4.69, 9.17) is 11.6 Å². The number of piperidine rings is 1. The van der Waals surface area contributed by atoms with Gasteiger partial charge in [0.25, 0.3) is 0 Å². The zero-order valence-electron chi connectivity index (χ0n) is 19.8. The number of nitrogens with zero attached hydrogens (tertiary/aromatic N) is 2. The molecule has 3 rings (SSSR count). The van der Waals surface area contributed by atoms with Gasteiger partial charge in [-0.2, -0.15) is 0 Å². The summed E-state index contributed by atoms with van der Waals surface area (Å²) in [6, 6.07) is 10.4. The molecule has 1 fully saturated rings. The van der Waals surface area contributed by atoms with Crippen molar-refractivity contribution in [3.8, 4) is 0 Å². The lowest BCUT2D eigenvalue weighted by molar-refractivity contribution is -0.156. The van der Waals surface area contributed by atoms with Crippen molar-refractivity contribution in [2.24, 2.45) is 11.3 Å². The van der Waals surface area contributed by atoms with E-state index in [9.17, 15) is 14.7 Å². The van der Waals surface area contributed by atoms with Crippen molar-refractivity contribution in [3.63, 3.8) is 0 Å². The highest BCUT2D eigenvalue weighted by atomic mass is 35.5. The van der Waals surface area contributed by atoms with Crippen molar-refractivity contribution in [1.82, 2.24) is 15.2 Å². The third kappa shape index (κ3) is 5.74. The Morgan fingerprint density at radius 2 is 1.79 bits per heavy atom. The van der Waals surface area contributed by atoms with Gasteiger partial charge in [-0.05, 0) is 54.2 Å². The molecule has 0 aliphatic carbocycles. The van der Waals surface area contributed by atoms with Gasteiger partial charge in [0, 0.05) is 42.3 Å². The van der Waals surface area contributed by atoms with E-state index >= 15 is 0 Å². The summed E-state index contributed by atoms with van der Waals surface area (Å²) in [6.07, 6.45) is 4.72. The Labute approximate surface area is 201 Å². The highest BCUT2D eigenvalue weighted by molar-refractivity contribution is 6.30. The maximum atomic E-state index is 13.4. The molecular formula is C26H34ClN3O3. The number of likely N-dealkylation sites (tertiary alicyclic amines) is 1. The Hall–Kier alpha value is -2.44. The van der Waals surface area contributed by atoms with Crippen LogP contribution in [0.5, 0.6) is 0 Å². The maximum absolute atomic E-state index is 13.4. The Morgan fingerprint density at radius 3 is 2.36 bits per heavy atom. The zero-order chi connectivity index (χ0) is 24.2.